The van der Waals surface area contributed by atoms with Crippen LogP contribution in [0.15, 0.2) is 36.7 Å². The first-order chi connectivity index (χ1) is 19.7. The normalized spacial score (nSPS) is 26.2. The van der Waals surface area contributed by atoms with Gasteiger partial charge in [0.2, 0.25) is 11.8 Å². The van der Waals surface area contributed by atoms with Gasteiger partial charge >= 0.3 is 13.7 Å². The lowest BCUT2D eigenvalue weighted by Gasteiger charge is -2.28. The summed E-state index contributed by atoms with van der Waals surface area (Å²) >= 11 is 0. The molecule has 230 valence electrons. The van der Waals surface area contributed by atoms with Crippen LogP contribution in [0.2, 0.25) is 0 Å². The van der Waals surface area contributed by atoms with E-state index in [-0.39, 0.29) is 35.3 Å². The molecule has 3 unspecified atom stereocenters. The van der Waals surface area contributed by atoms with Crippen molar-refractivity contribution in [2.75, 3.05) is 18.9 Å². The second-order valence-corrected chi connectivity index (χ2v) is 11.7. The molecule has 6 atom stereocenters. The Morgan fingerprint density at radius 2 is 1.95 bits per heavy atom. The predicted octanol–water partition coefficient (Wildman–Crippen LogP) is 3.22. The maximum atomic E-state index is 16.2. The molecule has 3 aromatic rings. The minimum atomic E-state index is -4.58. The van der Waals surface area contributed by atoms with E-state index in [0.29, 0.717) is 0 Å². The van der Waals surface area contributed by atoms with Crippen LogP contribution < -0.4 is 20.1 Å². The van der Waals surface area contributed by atoms with Gasteiger partial charge in [-0.1, -0.05) is 18.2 Å². The highest BCUT2D eigenvalue weighted by Gasteiger charge is 2.65. The van der Waals surface area contributed by atoms with Gasteiger partial charge < -0.3 is 29.6 Å². The number of anilines is 1. The molecular formula is C25H33F2N6O8P. The lowest BCUT2D eigenvalue weighted by Crippen LogP contribution is -2.47. The number of carbonyl (C=O) groups is 1. The van der Waals surface area contributed by atoms with Gasteiger partial charge in [0.1, 0.15) is 18.4 Å². The first-order valence-electron chi connectivity index (χ1n) is 13.0. The quantitative estimate of drug-likeness (QED) is 0.200. The van der Waals surface area contributed by atoms with Gasteiger partial charge in [-0.2, -0.15) is 15.1 Å². The number of aliphatic hydroxyl groups excluding tert-OH is 1. The smallest absolute Gasteiger partial charge is 0.459 e. The molecule has 1 aliphatic heterocycles. The molecule has 14 nitrogen and oxygen atoms in total. The van der Waals surface area contributed by atoms with Gasteiger partial charge in [-0.15, -0.1) is 0 Å². The molecular weight excluding hydrogens is 581 g/mol. The Morgan fingerprint density at radius 3 is 2.60 bits per heavy atom. The third kappa shape index (κ3) is 6.47. The van der Waals surface area contributed by atoms with E-state index < -0.39 is 56.3 Å². The molecule has 0 aliphatic carbocycles. The van der Waals surface area contributed by atoms with Crippen LogP contribution in [0.25, 0.3) is 11.2 Å². The summed E-state index contributed by atoms with van der Waals surface area (Å²) in [4.78, 5) is 24.5. The molecule has 4 rings (SSSR count). The maximum absolute atomic E-state index is 16.2. The van der Waals surface area contributed by atoms with E-state index in [0.717, 1.165) is 17.8 Å². The molecule has 0 saturated carbocycles. The Balaban J connectivity index is 1.61. The molecule has 0 spiro atoms. The molecule has 1 aliphatic rings. The fraction of sp³-hybridized carbons (Fsp3) is 0.520. The first-order valence-corrected chi connectivity index (χ1v) is 14.6. The fourth-order valence-corrected chi connectivity index (χ4v) is 5.69. The number of imidazole rings is 1. The molecule has 0 amide bonds. The zero-order valence-electron chi connectivity index (χ0n) is 23.6. The summed E-state index contributed by atoms with van der Waals surface area (Å²) in [5, 5.41) is 13.2. The van der Waals surface area contributed by atoms with Crippen molar-refractivity contribution in [2.45, 2.75) is 70.6 Å². The van der Waals surface area contributed by atoms with Crippen molar-refractivity contribution in [3.8, 4) is 11.6 Å². The highest BCUT2D eigenvalue weighted by atomic mass is 31.2. The number of esters is 1. The molecule has 0 radical (unpaired) electrons. The molecule has 1 aromatic carbocycles. The van der Waals surface area contributed by atoms with Crippen LogP contribution in [-0.2, 0) is 23.4 Å². The van der Waals surface area contributed by atoms with Crippen LogP contribution in [0.1, 0.15) is 40.8 Å². The highest BCUT2D eigenvalue weighted by molar-refractivity contribution is 7.52. The Hall–Kier alpha value is -3.43. The molecule has 1 saturated heterocycles. The molecule has 2 aromatic heterocycles. The van der Waals surface area contributed by atoms with Crippen molar-refractivity contribution >= 4 is 30.8 Å². The summed E-state index contributed by atoms with van der Waals surface area (Å²) in [6, 6.07) is 6.50. The van der Waals surface area contributed by atoms with Gasteiger partial charge in [0, 0.05) is 0 Å². The van der Waals surface area contributed by atoms with E-state index in [1.807, 2.05) is 0 Å². The van der Waals surface area contributed by atoms with E-state index in [4.69, 9.17) is 29.0 Å². The van der Waals surface area contributed by atoms with Crippen molar-refractivity contribution < 1.29 is 46.5 Å². The van der Waals surface area contributed by atoms with Crippen LogP contribution in [0.4, 0.5) is 14.7 Å². The average molecular weight is 615 g/mol. The Kier molecular flexibility index (Phi) is 9.04. The number of benzene rings is 1. The standard InChI is InChI=1S/C25H33F2N6O8P/c1-6-37-19-17-18(30-23(28)31-19)33(13-29-17)22-24(5,26)21(35)25(27,40-22)12-38-42(36,41-16-10-8-7-9-11-16)32-15(4)20(34)39-14(2)3/h7-11,13-15,21-22,35H,6,12H2,1-5H3,(H,32,36)(H2,28,30,31)/t15?,21-,22+,24+,25?,42?/m0/s1. The van der Waals surface area contributed by atoms with Crippen LogP contribution in [-0.4, -0.2) is 73.6 Å². The minimum absolute atomic E-state index is 0.0166. The number of nitrogens with two attached hydrogens (primary N) is 1. The number of nitrogens with one attached hydrogen (secondary N) is 1. The number of halogens is 2. The number of rotatable bonds is 12. The molecule has 3 heterocycles. The second kappa shape index (κ2) is 12.1. The van der Waals surface area contributed by atoms with Crippen molar-refractivity contribution in [2.24, 2.45) is 0 Å². The fourth-order valence-electron chi connectivity index (χ4n) is 4.19. The van der Waals surface area contributed by atoms with Gasteiger partial charge in [0.05, 0.1) is 19.0 Å². The van der Waals surface area contributed by atoms with Gasteiger partial charge in [0.25, 0.3) is 5.85 Å². The SMILES string of the molecule is CCOc1nc(N)nc2c1ncn2[C@@H]1OC(F)(COP(=O)(NC(C)C(=O)OC(C)C)Oc2ccccc2)[C@@H](O)[C@@]1(C)F. The third-order valence-corrected chi connectivity index (χ3v) is 7.75. The summed E-state index contributed by atoms with van der Waals surface area (Å²) in [5.41, 5.74) is 3.03. The summed E-state index contributed by atoms with van der Waals surface area (Å²) in [6.45, 7) is 6.14. The number of hydrogen-bond acceptors (Lipinski definition) is 12. The summed E-state index contributed by atoms with van der Waals surface area (Å²) in [5.74, 6) is -4.20. The highest BCUT2D eigenvalue weighted by Crippen LogP contribution is 2.52. The number of hydrogen-bond donors (Lipinski definition) is 3. The zero-order chi connectivity index (χ0) is 30.9. The van der Waals surface area contributed by atoms with Crippen molar-refractivity contribution in [1.29, 1.82) is 0 Å². The van der Waals surface area contributed by atoms with Gasteiger partial charge in [0.15, 0.2) is 29.2 Å². The number of aromatic nitrogens is 4. The van der Waals surface area contributed by atoms with E-state index in [9.17, 15) is 14.5 Å². The Bertz CT molecular complexity index is 1460. The van der Waals surface area contributed by atoms with Crippen molar-refractivity contribution in [3.63, 3.8) is 0 Å². The molecule has 4 N–H and O–H groups in total. The Labute approximate surface area is 240 Å². The maximum Gasteiger partial charge on any atom is 0.459 e. The largest absolute Gasteiger partial charge is 0.476 e. The predicted molar refractivity (Wildman–Crippen MR) is 145 cm³/mol. The number of fused-ring (bicyclic) bond motifs is 1. The van der Waals surface area contributed by atoms with Crippen LogP contribution >= 0.6 is 7.75 Å². The van der Waals surface area contributed by atoms with Crippen molar-refractivity contribution in [1.82, 2.24) is 24.6 Å². The van der Waals surface area contributed by atoms with E-state index >= 15 is 8.78 Å². The van der Waals surface area contributed by atoms with Crippen LogP contribution in [0.3, 0.4) is 0 Å². The number of ether oxygens (including phenoxy) is 3. The molecule has 0 bridgehead atoms. The summed E-state index contributed by atoms with van der Waals surface area (Å²) in [7, 11) is -4.58. The van der Waals surface area contributed by atoms with Crippen molar-refractivity contribution in [3.05, 3.63) is 36.7 Å². The molecule has 1 fully saturated rings. The summed E-state index contributed by atoms with van der Waals surface area (Å²) < 4.78 is 73.7. The second-order valence-electron chi connectivity index (χ2n) is 9.97. The lowest BCUT2D eigenvalue weighted by molar-refractivity contribution is -0.202. The number of nitrogen functional groups attached to an aromatic ring is 1. The third-order valence-electron chi connectivity index (χ3n) is 6.13. The summed E-state index contributed by atoms with van der Waals surface area (Å²) in [6.07, 6.45) is -3.66. The lowest BCUT2D eigenvalue weighted by atomic mass is 9.97. The van der Waals surface area contributed by atoms with Crippen LogP contribution in [0.5, 0.6) is 11.6 Å². The van der Waals surface area contributed by atoms with Gasteiger partial charge in [-0.05, 0) is 46.8 Å². The number of para-hydroxylation sites is 1. The van der Waals surface area contributed by atoms with E-state index in [2.05, 4.69) is 20.0 Å². The van der Waals surface area contributed by atoms with E-state index in [1.165, 1.54) is 19.1 Å². The number of carbonyl (C=O) groups excluding carboxylic acids is 1. The number of nitrogens with zero attached hydrogens (tertiary/aromatic N) is 4. The number of aliphatic hydroxyl groups is 1. The Morgan fingerprint density at radius 1 is 1.26 bits per heavy atom. The van der Waals surface area contributed by atoms with Gasteiger partial charge in [-0.25, -0.2) is 18.3 Å². The monoisotopic (exact) mass is 614 g/mol. The number of alkyl halides is 2. The minimum Gasteiger partial charge on any atom is -0.476 e. The first kappa shape index (κ1) is 31.5. The topological polar surface area (TPSA) is 182 Å². The molecule has 42 heavy (non-hydrogen) atoms. The molecule has 17 heteroatoms. The van der Waals surface area contributed by atoms with E-state index in [1.54, 1.807) is 39.0 Å². The average Bonchev–Trinajstić information content (AvgIpc) is 3.40. The zero-order valence-corrected chi connectivity index (χ0v) is 24.5. The van der Waals surface area contributed by atoms with Crippen LogP contribution in [0, 0.1) is 0 Å². The van der Waals surface area contributed by atoms with Gasteiger partial charge in [-0.3, -0.25) is 13.9 Å².